The van der Waals surface area contributed by atoms with Gasteiger partial charge in [0.05, 0.1) is 21.3 Å². The van der Waals surface area contributed by atoms with Crippen LogP contribution in [0, 0.1) is 5.92 Å². The van der Waals surface area contributed by atoms with Crippen LogP contribution in [0.25, 0.3) is 0 Å². The van der Waals surface area contributed by atoms with Crippen LogP contribution >= 0.6 is 15.9 Å². The van der Waals surface area contributed by atoms with E-state index in [4.69, 9.17) is 14.2 Å². The van der Waals surface area contributed by atoms with Crippen LogP contribution in [0.4, 0.5) is 0 Å². The second-order valence-corrected chi connectivity index (χ2v) is 5.39. The SMILES string of the molecule is CCC(CC)C(Br)c1ccc(OC)c(OC)c1OC. The Morgan fingerprint density at radius 3 is 1.95 bits per heavy atom. The van der Waals surface area contributed by atoms with Gasteiger partial charge in [0.25, 0.3) is 0 Å². The Kier molecular flexibility index (Phi) is 6.49. The molecule has 0 spiro atoms. The molecule has 0 radical (unpaired) electrons. The average molecular weight is 331 g/mol. The lowest BCUT2D eigenvalue weighted by Crippen LogP contribution is -2.08. The van der Waals surface area contributed by atoms with Crippen molar-refractivity contribution < 1.29 is 14.2 Å². The number of methoxy groups -OCH3 is 3. The molecule has 0 N–H and O–H groups in total. The summed E-state index contributed by atoms with van der Waals surface area (Å²) in [5.74, 6) is 2.65. The van der Waals surface area contributed by atoms with Gasteiger partial charge >= 0.3 is 0 Å². The first-order valence-corrected chi connectivity index (χ1v) is 7.48. The highest BCUT2D eigenvalue weighted by Crippen LogP contribution is 2.47. The highest BCUT2D eigenvalue weighted by molar-refractivity contribution is 9.09. The standard InChI is InChI=1S/C15H23BrO3/c1-6-10(7-2)13(16)11-8-9-12(17-3)15(19-5)14(11)18-4/h8-10,13H,6-7H2,1-5H3. The summed E-state index contributed by atoms with van der Waals surface area (Å²) < 4.78 is 16.3. The van der Waals surface area contributed by atoms with Gasteiger partial charge in [-0.15, -0.1) is 0 Å². The highest BCUT2D eigenvalue weighted by Gasteiger charge is 2.24. The van der Waals surface area contributed by atoms with Crippen molar-refractivity contribution >= 4 is 15.9 Å². The van der Waals surface area contributed by atoms with Crippen LogP contribution in [-0.2, 0) is 0 Å². The van der Waals surface area contributed by atoms with Gasteiger partial charge in [-0.05, 0) is 12.0 Å². The van der Waals surface area contributed by atoms with Crippen LogP contribution < -0.4 is 14.2 Å². The maximum atomic E-state index is 5.54. The Bertz CT molecular complexity index is 403. The van der Waals surface area contributed by atoms with E-state index in [1.165, 1.54) is 0 Å². The van der Waals surface area contributed by atoms with Crippen LogP contribution in [0.15, 0.2) is 12.1 Å². The Morgan fingerprint density at radius 2 is 1.53 bits per heavy atom. The lowest BCUT2D eigenvalue weighted by molar-refractivity contribution is 0.320. The number of hydrogen-bond donors (Lipinski definition) is 0. The summed E-state index contributed by atoms with van der Waals surface area (Å²) in [7, 11) is 4.92. The van der Waals surface area contributed by atoms with Crippen molar-refractivity contribution in [1.29, 1.82) is 0 Å². The van der Waals surface area contributed by atoms with Crippen molar-refractivity contribution in [1.82, 2.24) is 0 Å². The first-order chi connectivity index (χ1) is 9.14. The van der Waals surface area contributed by atoms with Crippen molar-refractivity contribution in [3.63, 3.8) is 0 Å². The zero-order chi connectivity index (χ0) is 14.4. The quantitative estimate of drug-likeness (QED) is 0.684. The van der Waals surface area contributed by atoms with E-state index in [1.807, 2.05) is 12.1 Å². The first-order valence-electron chi connectivity index (χ1n) is 6.57. The second-order valence-electron chi connectivity index (χ2n) is 4.40. The molecule has 1 rings (SSSR count). The van der Waals surface area contributed by atoms with Crippen molar-refractivity contribution in [3.05, 3.63) is 17.7 Å². The summed E-state index contributed by atoms with van der Waals surface area (Å²) >= 11 is 3.80. The van der Waals surface area contributed by atoms with E-state index in [0.717, 1.165) is 24.2 Å². The highest BCUT2D eigenvalue weighted by atomic mass is 79.9. The maximum absolute atomic E-state index is 5.54. The molecule has 3 nitrogen and oxygen atoms in total. The Morgan fingerprint density at radius 1 is 0.947 bits per heavy atom. The Hall–Kier alpha value is -0.900. The van der Waals surface area contributed by atoms with Gasteiger partial charge in [-0.3, -0.25) is 0 Å². The fourth-order valence-corrected chi connectivity index (χ4v) is 3.41. The summed E-state index contributed by atoms with van der Waals surface area (Å²) in [6, 6.07) is 3.96. The molecule has 0 aliphatic heterocycles. The number of halogens is 1. The number of benzene rings is 1. The molecular weight excluding hydrogens is 308 g/mol. The Balaban J connectivity index is 3.27. The fourth-order valence-electron chi connectivity index (χ4n) is 2.30. The molecule has 4 heteroatoms. The molecule has 1 atom stereocenters. The minimum atomic E-state index is 0.247. The van der Waals surface area contributed by atoms with Crippen LogP contribution in [0.1, 0.15) is 37.1 Å². The molecule has 1 aromatic rings. The van der Waals surface area contributed by atoms with E-state index in [0.29, 0.717) is 17.4 Å². The number of rotatable bonds is 7. The molecular formula is C15H23BrO3. The molecule has 108 valence electrons. The Labute approximate surface area is 124 Å². The summed E-state index contributed by atoms with van der Waals surface area (Å²) in [6.07, 6.45) is 2.23. The monoisotopic (exact) mass is 330 g/mol. The fraction of sp³-hybridized carbons (Fsp3) is 0.600. The predicted octanol–water partition coefficient (Wildman–Crippen LogP) is 4.58. The van der Waals surface area contributed by atoms with Crippen LogP contribution in [0.2, 0.25) is 0 Å². The smallest absolute Gasteiger partial charge is 0.203 e. The minimum absolute atomic E-state index is 0.247. The molecule has 0 heterocycles. The van der Waals surface area contributed by atoms with E-state index in [-0.39, 0.29) is 4.83 Å². The van der Waals surface area contributed by atoms with Gasteiger partial charge in [0.2, 0.25) is 5.75 Å². The van der Waals surface area contributed by atoms with Gasteiger partial charge in [0.1, 0.15) is 0 Å². The van der Waals surface area contributed by atoms with E-state index < -0.39 is 0 Å². The largest absolute Gasteiger partial charge is 0.493 e. The third-order valence-corrected chi connectivity index (χ3v) is 4.74. The molecule has 0 aromatic heterocycles. The number of ether oxygens (including phenoxy) is 3. The lowest BCUT2D eigenvalue weighted by Gasteiger charge is -2.23. The summed E-state index contributed by atoms with van der Waals surface area (Å²) in [4.78, 5) is 0.247. The zero-order valence-corrected chi connectivity index (χ0v) is 13.9. The van der Waals surface area contributed by atoms with Crippen molar-refractivity contribution in [2.45, 2.75) is 31.5 Å². The molecule has 0 fully saturated rings. The zero-order valence-electron chi connectivity index (χ0n) is 12.3. The molecule has 1 aromatic carbocycles. The average Bonchev–Trinajstić information content (AvgIpc) is 2.46. The molecule has 0 amide bonds. The molecule has 0 bridgehead atoms. The van der Waals surface area contributed by atoms with Crippen LogP contribution in [-0.4, -0.2) is 21.3 Å². The maximum Gasteiger partial charge on any atom is 0.203 e. The molecule has 0 saturated carbocycles. The van der Waals surface area contributed by atoms with Gasteiger partial charge in [0.15, 0.2) is 11.5 Å². The van der Waals surface area contributed by atoms with E-state index >= 15 is 0 Å². The van der Waals surface area contributed by atoms with Gasteiger partial charge in [-0.25, -0.2) is 0 Å². The van der Waals surface area contributed by atoms with Crippen molar-refractivity contribution in [2.24, 2.45) is 5.92 Å². The third kappa shape index (κ3) is 3.35. The normalized spacial score (nSPS) is 12.4. The van der Waals surface area contributed by atoms with E-state index in [9.17, 15) is 0 Å². The molecule has 0 aliphatic rings. The molecule has 1 unspecified atom stereocenters. The predicted molar refractivity (Wildman–Crippen MR) is 81.8 cm³/mol. The van der Waals surface area contributed by atoms with Crippen LogP contribution in [0.3, 0.4) is 0 Å². The van der Waals surface area contributed by atoms with Crippen molar-refractivity contribution in [3.8, 4) is 17.2 Å². The summed E-state index contributed by atoms with van der Waals surface area (Å²) in [5.41, 5.74) is 1.11. The van der Waals surface area contributed by atoms with Crippen molar-refractivity contribution in [2.75, 3.05) is 21.3 Å². The molecule has 0 aliphatic carbocycles. The van der Waals surface area contributed by atoms with E-state index in [1.54, 1.807) is 21.3 Å². The summed E-state index contributed by atoms with van der Waals surface area (Å²) in [6.45, 7) is 4.41. The van der Waals surface area contributed by atoms with Gasteiger partial charge in [-0.1, -0.05) is 48.7 Å². The number of hydrogen-bond acceptors (Lipinski definition) is 3. The minimum Gasteiger partial charge on any atom is -0.493 e. The van der Waals surface area contributed by atoms with Gasteiger partial charge < -0.3 is 14.2 Å². The van der Waals surface area contributed by atoms with Crippen LogP contribution in [0.5, 0.6) is 17.2 Å². The third-order valence-electron chi connectivity index (χ3n) is 3.49. The lowest BCUT2D eigenvalue weighted by atomic mass is 9.93. The van der Waals surface area contributed by atoms with E-state index in [2.05, 4.69) is 29.8 Å². The van der Waals surface area contributed by atoms with Gasteiger partial charge in [0, 0.05) is 10.4 Å². The molecule has 19 heavy (non-hydrogen) atoms. The first kappa shape index (κ1) is 16.2. The number of alkyl halides is 1. The van der Waals surface area contributed by atoms with Gasteiger partial charge in [-0.2, -0.15) is 0 Å². The summed E-state index contributed by atoms with van der Waals surface area (Å²) in [5, 5.41) is 0. The molecule has 0 saturated heterocycles. The topological polar surface area (TPSA) is 27.7 Å². The second kappa shape index (κ2) is 7.63.